The monoisotopic (exact) mass is 597 g/mol. The third-order valence-electron chi connectivity index (χ3n) is 9.42. The smallest absolute Gasteiger partial charge is 0.0546 e. The van der Waals surface area contributed by atoms with Gasteiger partial charge in [-0.3, -0.25) is 0 Å². The fraction of sp³-hybridized carbons (Fsp3) is 0. The zero-order chi connectivity index (χ0) is 31.2. The van der Waals surface area contributed by atoms with E-state index in [1.54, 1.807) is 0 Å². The molecular formula is C46H31N. The molecule has 220 valence electrons. The van der Waals surface area contributed by atoms with E-state index in [4.69, 9.17) is 0 Å². The Bertz CT molecular complexity index is 2560. The molecule has 0 aliphatic carbocycles. The van der Waals surface area contributed by atoms with Gasteiger partial charge >= 0.3 is 0 Å². The maximum absolute atomic E-state index is 2.46. The van der Waals surface area contributed by atoms with Crippen LogP contribution in [0.15, 0.2) is 188 Å². The van der Waals surface area contributed by atoms with Gasteiger partial charge in [0.15, 0.2) is 0 Å². The van der Waals surface area contributed by atoms with E-state index in [1.165, 1.54) is 65.3 Å². The van der Waals surface area contributed by atoms with Crippen LogP contribution in [0.2, 0.25) is 0 Å². The van der Waals surface area contributed by atoms with Crippen molar-refractivity contribution in [1.82, 2.24) is 0 Å². The second-order valence-electron chi connectivity index (χ2n) is 12.2. The summed E-state index contributed by atoms with van der Waals surface area (Å²) < 4.78 is 0. The van der Waals surface area contributed by atoms with Crippen molar-refractivity contribution in [1.29, 1.82) is 0 Å². The molecule has 0 saturated heterocycles. The Balaban J connectivity index is 1.34. The lowest BCUT2D eigenvalue weighted by atomic mass is 9.94. The Morgan fingerprint density at radius 2 is 0.851 bits per heavy atom. The number of rotatable bonds is 5. The summed E-state index contributed by atoms with van der Waals surface area (Å²) in [6, 6.07) is 68.3. The van der Waals surface area contributed by atoms with E-state index in [2.05, 4.69) is 193 Å². The summed E-state index contributed by atoms with van der Waals surface area (Å²) in [7, 11) is 0. The van der Waals surface area contributed by atoms with Crippen molar-refractivity contribution in [2.75, 3.05) is 4.90 Å². The second kappa shape index (κ2) is 11.3. The number of nitrogens with zero attached hydrogens (tertiary/aromatic N) is 1. The minimum absolute atomic E-state index is 1.11. The first-order valence-electron chi connectivity index (χ1n) is 16.2. The van der Waals surface area contributed by atoms with Crippen LogP contribution in [0.25, 0.3) is 65.3 Å². The van der Waals surface area contributed by atoms with E-state index in [-0.39, 0.29) is 0 Å². The first kappa shape index (κ1) is 27.2. The Morgan fingerprint density at radius 3 is 1.68 bits per heavy atom. The minimum Gasteiger partial charge on any atom is -0.309 e. The molecule has 0 N–H and O–H groups in total. The molecule has 0 aliphatic rings. The van der Waals surface area contributed by atoms with Crippen LogP contribution in [0, 0.1) is 0 Å². The SMILES string of the molecule is c1ccc(-c2ccc(N(c3ccccc3-c3ccc4ccccc4c3)c3cc4c5ccccc5ccc4c4ccccc34)cc2)cc1. The molecule has 0 unspecified atom stereocenters. The van der Waals surface area contributed by atoms with Crippen LogP contribution in [0.5, 0.6) is 0 Å². The molecule has 0 radical (unpaired) electrons. The van der Waals surface area contributed by atoms with Gasteiger partial charge in [-0.2, -0.15) is 0 Å². The number of anilines is 3. The summed E-state index contributed by atoms with van der Waals surface area (Å²) in [6.07, 6.45) is 0. The molecule has 0 bridgehead atoms. The van der Waals surface area contributed by atoms with Crippen molar-refractivity contribution in [3.8, 4) is 22.3 Å². The maximum Gasteiger partial charge on any atom is 0.0546 e. The molecular weight excluding hydrogens is 567 g/mol. The molecule has 0 saturated carbocycles. The molecule has 0 amide bonds. The largest absolute Gasteiger partial charge is 0.309 e. The fourth-order valence-corrected chi connectivity index (χ4v) is 7.14. The highest BCUT2D eigenvalue weighted by Gasteiger charge is 2.21. The summed E-state index contributed by atoms with van der Waals surface area (Å²) in [5, 5.41) is 9.98. The lowest BCUT2D eigenvalue weighted by Gasteiger charge is -2.30. The summed E-state index contributed by atoms with van der Waals surface area (Å²) >= 11 is 0. The van der Waals surface area contributed by atoms with Gasteiger partial charge in [0.1, 0.15) is 0 Å². The molecule has 9 aromatic carbocycles. The van der Waals surface area contributed by atoms with Gasteiger partial charge in [-0.15, -0.1) is 0 Å². The zero-order valence-corrected chi connectivity index (χ0v) is 25.8. The summed E-state index contributed by atoms with van der Waals surface area (Å²) in [5.74, 6) is 0. The topological polar surface area (TPSA) is 3.24 Å². The predicted octanol–water partition coefficient (Wildman–Crippen LogP) is 13.1. The van der Waals surface area contributed by atoms with E-state index in [0.717, 1.165) is 17.1 Å². The minimum atomic E-state index is 1.11. The normalized spacial score (nSPS) is 11.4. The van der Waals surface area contributed by atoms with Crippen molar-refractivity contribution >= 4 is 60.2 Å². The molecule has 1 nitrogen and oxygen atoms in total. The van der Waals surface area contributed by atoms with Gasteiger partial charge in [0.25, 0.3) is 0 Å². The van der Waals surface area contributed by atoms with Crippen LogP contribution < -0.4 is 4.90 Å². The van der Waals surface area contributed by atoms with Crippen molar-refractivity contribution in [3.63, 3.8) is 0 Å². The highest BCUT2D eigenvalue weighted by atomic mass is 15.1. The Hall–Kier alpha value is -6.18. The Labute approximate surface area is 274 Å². The van der Waals surface area contributed by atoms with Crippen molar-refractivity contribution in [3.05, 3.63) is 188 Å². The Morgan fingerprint density at radius 1 is 0.277 bits per heavy atom. The van der Waals surface area contributed by atoms with Gasteiger partial charge in [-0.1, -0.05) is 158 Å². The number of hydrogen-bond acceptors (Lipinski definition) is 1. The van der Waals surface area contributed by atoms with E-state index in [9.17, 15) is 0 Å². The summed E-state index contributed by atoms with van der Waals surface area (Å²) in [5.41, 5.74) is 8.21. The average molecular weight is 598 g/mol. The molecule has 1 heteroatoms. The molecule has 0 heterocycles. The molecule has 0 fully saturated rings. The standard InChI is InChI=1S/C46H31N/c1-2-12-32(13-3-1)34-24-27-38(28-25-34)47(45-21-11-10-18-40(45)37-23-22-33-14-4-5-16-36(33)30-37)46-31-44-39-17-7-6-15-35(39)26-29-42(44)41-19-8-9-20-43(41)46/h1-31H. The van der Waals surface area contributed by atoms with Gasteiger partial charge in [0.05, 0.1) is 11.4 Å². The number of hydrogen-bond donors (Lipinski definition) is 0. The van der Waals surface area contributed by atoms with E-state index >= 15 is 0 Å². The summed E-state index contributed by atoms with van der Waals surface area (Å²) in [6.45, 7) is 0. The first-order chi connectivity index (χ1) is 23.3. The van der Waals surface area contributed by atoms with Gasteiger partial charge < -0.3 is 4.90 Å². The molecule has 9 aromatic rings. The van der Waals surface area contributed by atoms with Crippen LogP contribution >= 0.6 is 0 Å². The fourth-order valence-electron chi connectivity index (χ4n) is 7.14. The van der Waals surface area contributed by atoms with Gasteiger partial charge in [-0.05, 0) is 84.7 Å². The highest BCUT2D eigenvalue weighted by molar-refractivity contribution is 6.21. The van der Waals surface area contributed by atoms with Crippen LogP contribution in [-0.2, 0) is 0 Å². The number of benzene rings is 9. The second-order valence-corrected chi connectivity index (χ2v) is 12.2. The number of fused-ring (bicyclic) bond motifs is 6. The Kier molecular flexibility index (Phi) is 6.54. The van der Waals surface area contributed by atoms with Gasteiger partial charge in [-0.25, -0.2) is 0 Å². The van der Waals surface area contributed by atoms with Crippen LogP contribution in [-0.4, -0.2) is 0 Å². The van der Waals surface area contributed by atoms with E-state index in [1.807, 2.05) is 0 Å². The van der Waals surface area contributed by atoms with Crippen LogP contribution in [0.4, 0.5) is 17.1 Å². The summed E-state index contributed by atoms with van der Waals surface area (Å²) in [4.78, 5) is 2.46. The lowest BCUT2D eigenvalue weighted by Crippen LogP contribution is -2.12. The average Bonchev–Trinajstić information content (AvgIpc) is 3.15. The van der Waals surface area contributed by atoms with Crippen molar-refractivity contribution in [2.24, 2.45) is 0 Å². The van der Waals surface area contributed by atoms with Crippen LogP contribution in [0.3, 0.4) is 0 Å². The van der Waals surface area contributed by atoms with Gasteiger partial charge in [0, 0.05) is 16.6 Å². The third-order valence-corrected chi connectivity index (χ3v) is 9.42. The molecule has 0 atom stereocenters. The molecule has 0 spiro atoms. The predicted molar refractivity (Wildman–Crippen MR) is 202 cm³/mol. The quantitative estimate of drug-likeness (QED) is 0.178. The molecule has 0 aromatic heterocycles. The van der Waals surface area contributed by atoms with Crippen molar-refractivity contribution < 1.29 is 0 Å². The van der Waals surface area contributed by atoms with Crippen LogP contribution in [0.1, 0.15) is 0 Å². The third kappa shape index (κ3) is 4.72. The highest BCUT2D eigenvalue weighted by Crippen LogP contribution is 2.46. The van der Waals surface area contributed by atoms with Crippen molar-refractivity contribution in [2.45, 2.75) is 0 Å². The van der Waals surface area contributed by atoms with Gasteiger partial charge in [0.2, 0.25) is 0 Å². The molecule has 9 rings (SSSR count). The molecule has 0 aliphatic heterocycles. The molecule has 47 heavy (non-hydrogen) atoms. The number of para-hydroxylation sites is 1. The zero-order valence-electron chi connectivity index (χ0n) is 25.8. The van der Waals surface area contributed by atoms with E-state index in [0.29, 0.717) is 0 Å². The van der Waals surface area contributed by atoms with E-state index < -0.39 is 0 Å². The lowest BCUT2D eigenvalue weighted by molar-refractivity contribution is 1.30. The first-order valence-corrected chi connectivity index (χ1v) is 16.2. The maximum atomic E-state index is 2.46.